The van der Waals surface area contributed by atoms with Gasteiger partial charge >= 0.3 is 0 Å². The zero-order chi connectivity index (χ0) is 11.1. The predicted molar refractivity (Wildman–Crippen MR) is 63.9 cm³/mol. The highest BCUT2D eigenvalue weighted by atomic mass is 16.3. The van der Waals surface area contributed by atoms with Crippen LogP contribution in [0.4, 0.5) is 0 Å². The van der Waals surface area contributed by atoms with Crippen molar-refractivity contribution in [3.63, 3.8) is 0 Å². The fraction of sp³-hybridized carbons (Fsp3) is 0.571. The van der Waals surface area contributed by atoms with E-state index in [2.05, 4.69) is 42.2 Å². The number of aliphatic hydroxyl groups is 1. The van der Waals surface area contributed by atoms with Crippen LogP contribution in [0.2, 0.25) is 0 Å². The van der Waals surface area contributed by atoms with Crippen LogP contribution in [0.1, 0.15) is 12.5 Å². The highest BCUT2D eigenvalue weighted by molar-refractivity contribution is 5.17. The van der Waals surface area contributed by atoms with Gasteiger partial charge in [-0.25, -0.2) is 0 Å². The highest BCUT2D eigenvalue weighted by Crippen LogP contribution is 2.55. The number of piperidine rings is 1. The molecule has 2 aliphatic rings. The van der Waals surface area contributed by atoms with Gasteiger partial charge in [0.2, 0.25) is 0 Å². The smallest absolute Gasteiger partial charge is 0.0589 e. The van der Waals surface area contributed by atoms with Gasteiger partial charge in [-0.1, -0.05) is 37.3 Å². The van der Waals surface area contributed by atoms with Crippen molar-refractivity contribution in [2.45, 2.75) is 19.5 Å². The van der Waals surface area contributed by atoms with Crippen LogP contribution >= 0.6 is 0 Å². The summed E-state index contributed by atoms with van der Waals surface area (Å²) in [6.07, 6.45) is 0. The number of benzene rings is 1. The molecule has 1 saturated carbocycles. The Kier molecular flexibility index (Phi) is 2.49. The molecule has 1 saturated heterocycles. The number of hydrogen-bond acceptors (Lipinski definition) is 2. The largest absolute Gasteiger partial charge is 0.395 e. The SMILES string of the molecule is C[C@@H]1C2C(CO)N(Cc3ccccc3)C[C@@H]21. The minimum atomic E-state index is 0.318. The molecular weight excluding hydrogens is 198 g/mol. The topological polar surface area (TPSA) is 23.5 Å². The maximum Gasteiger partial charge on any atom is 0.0589 e. The fourth-order valence-corrected chi connectivity index (χ4v) is 3.39. The molecule has 16 heavy (non-hydrogen) atoms. The molecule has 2 unspecified atom stereocenters. The van der Waals surface area contributed by atoms with Crippen LogP contribution in [0.15, 0.2) is 30.3 Å². The normalized spacial score (nSPS) is 37.4. The zero-order valence-corrected chi connectivity index (χ0v) is 9.71. The minimum absolute atomic E-state index is 0.318. The Morgan fingerprint density at radius 1 is 1.31 bits per heavy atom. The number of likely N-dealkylation sites (tertiary alicyclic amines) is 1. The zero-order valence-electron chi connectivity index (χ0n) is 9.71. The summed E-state index contributed by atoms with van der Waals surface area (Å²) in [7, 11) is 0. The van der Waals surface area contributed by atoms with Crippen molar-refractivity contribution in [2.75, 3.05) is 13.2 Å². The monoisotopic (exact) mass is 217 g/mol. The molecule has 4 atom stereocenters. The summed E-state index contributed by atoms with van der Waals surface area (Å²) in [5, 5.41) is 9.49. The van der Waals surface area contributed by atoms with E-state index in [4.69, 9.17) is 0 Å². The number of aliphatic hydroxyl groups excluding tert-OH is 1. The lowest BCUT2D eigenvalue weighted by Crippen LogP contribution is -2.36. The molecule has 86 valence electrons. The summed E-state index contributed by atoms with van der Waals surface area (Å²) in [4.78, 5) is 2.45. The van der Waals surface area contributed by atoms with E-state index < -0.39 is 0 Å². The van der Waals surface area contributed by atoms with Crippen molar-refractivity contribution in [2.24, 2.45) is 17.8 Å². The van der Waals surface area contributed by atoms with E-state index in [-0.39, 0.29) is 0 Å². The molecule has 2 fully saturated rings. The molecule has 0 aromatic heterocycles. The second-order valence-corrected chi connectivity index (χ2v) is 5.27. The molecule has 1 aromatic rings. The molecule has 0 amide bonds. The van der Waals surface area contributed by atoms with E-state index in [1.165, 1.54) is 12.1 Å². The molecule has 1 aliphatic heterocycles. The Labute approximate surface area is 96.9 Å². The summed E-state index contributed by atoms with van der Waals surface area (Å²) in [5.41, 5.74) is 1.36. The molecule has 0 radical (unpaired) electrons. The lowest BCUT2D eigenvalue weighted by molar-refractivity contribution is 0.123. The molecule has 1 aromatic carbocycles. The Morgan fingerprint density at radius 2 is 2.06 bits per heavy atom. The van der Waals surface area contributed by atoms with Crippen LogP contribution < -0.4 is 0 Å². The number of fused-ring (bicyclic) bond motifs is 1. The van der Waals surface area contributed by atoms with Gasteiger partial charge in [-0.3, -0.25) is 4.90 Å². The number of rotatable bonds is 3. The van der Waals surface area contributed by atoms with Crippen molar-refractivity contribution in [1.82, 2.24) is 4.90 Å². The van der Waals surface area contributed by atoms with Crippen molar-refractivity contribution in [3.05, 3.63) is 35.9 Å². The van der Waals surface area contributed by atoms with Gasteiger partial charge in [0.1, 0.15) is 0 Å². The summed E-state index contributed by atoms with van der Waals surface area (Å²) >= 11 is 0. The Balaban J connectivity index is 1.69. The first kappa shape index (κ1) is 10.3. The van der Waals surface area contributed by atoms with Crippen LogP contribution in [0.25, 0.3) is 0 Å². The first-order valence-electron chi connectivity index (χ1n) is 6.20. The third-order valence-electron chi connectivity index (χ3n) is 4.41. The van der Waals surface area contributed by atoms with Crippen LogP contribution in [-0.4, -0.2) is 29.2 Å². The average molecular weight is 217 g/mol. The van der Waals surface area contributed by atoms with E-state index in [1.807, 2.05) is 0 Å². The summed E-state index contributed by atoms with van der Waals surface area (Å²) in [6.45, 7) is 4.80. The molecule has 1 heterocycles. The van der Waals surface area contributed by atoms with Gasteiger partial charge < -0.3 is 5.11 Å². The number of hydrogen-bond donors (Lipinski definition) is 1. The molecular formula is C14H19NO. The first-order valence-corrected chi connectivity index (χ1v) is 6.20. The lowest BCUT2D eigenvalue weighted by Gasteiger charge is -2.26. The van der Waals surface area contributed by atoms with Gasteiger partial charge in [0, 0.05) is 19.1 Å². The molecule has 3 rings (SSSR count). The van der Waals surface area contributed by atoms with E-state index in [1.54, 1.807) is 0 Å². The molecule has 1 N–H and O–H groups in total. The number of nitrogens with zero attached hydrogens (tertiary/aromatic N) is 1. The van der Waals surface area contributed by atoms with Gasteiger partial charge in [0.05, 0.1) is 6.61 Å². The molecule has 2 heteroatoms. The maximum absolute atomic E-state index is 9.49. The maximum atomic E-state index is 9.49. The van der Waals surface area contributed by atoms with E-state index in [0.29, 0.717) is 12.6 Å². The van der Waals surface area contributed by atoms with Crippen molar-refractivity contribution >= 4 is 0 Å². The average Bonchev–Trinajstić information content (AvgIpc) is 2.78. The predicted octanol–water partition coefficient (Wildman–Crippen LogP) is 1.75. The van der Waals surface area contributed by atoms with Crippen LogP contribution in [0, 0.1) is 17.8 Å². The van der Waals surface area contributed by atoms with Crippen molar-refractivity contribution in [3.8, 4) is 0 Å². The second kappa shape index (κ2) is 3.86. The quantitative estimate of drug-likeness (QED) is 0.833. The summed E-state index contributed by atoms with van der Waals surface area (Å²) < 4.78 is 0. The van der Waals surface area contributed by atoms with Gasteiger partial charge in [-0.2, -0.15) is 0 Å². The Hall–Kier alpha value is -0.860. The van der Waals surface area contributed by atoms with Gasteiger partial charge in [0.25, 0.3) is 0 Å². The van der Waals surface area contributed by atoms with E-state index >= 15 is 0 Å². The molecule has 0 bridgehead atoms. The second-order valence-electron chi connectivity index (χ2n) is 5.27. The van der Waals surface area contributed by atoms with Crippen LogP contribution in [0.3, 0.4) is 0 Å². The molecule has 0 spiro atoms. The standard InChI is InChI=1S/C14H19NO/c1-10-12-8-15(13(9-16)14(10)12)7-11-5-3-2-4-6-11/h2-6,10,12-14,16H,7-9H2,1H3/t10-,12+,13?,14?/m0/s1. The van der Waals surface area contributed by atoms with E-state index in [0.717, 1.165) is 24.3 Å². The van der Waals surface area contributed by atoms with Crippen LogP contribution in [0.5, 0.6) is 0 Å². The minimum Gasteiger partial charge on any atom is -0.395 e. The Bertz CT molecular complexity index is 364. The molecule has 1 aliphatic carbocycles. The lowest BCUT2D eigenvalue weighted by atomic mass is 10.1. The molecule has 2 nitrogen and oxygen atoms in total. The van der Waals surface area contributed by atoms with Gasteiger partial charge in [0.15, 0.2) is 0 Å². The van der Waals surface area contributed by atoms with Gasteiger partial charge in [-0.15, -0.1) is 0 Å². The van der Waals surface area contributed by atoms with Crippen molar-refractivity contribution in [1.29, 1.82) is 0 Å². The third-order valence-corrected chi connectivity index (χ3v) is 4.41. The van der Waals surface area contributed by atoms with Crippen LogP contribution in [-0.2, 0) is 6.54 Å². The van der Waals surface area contributed by atoms with Gasteiger partial charge in [-0.05, 0) is 23.3 Å². The highest BCUT2D eigenvalue weighted by Gasteiger charge is 2.58. The van der Waals surface area contributed by atoms with Crippen molar-refractivity contribution < 1.29 is 5.11 Å². The fourth-order valence-electron chi connectivity index (χ4n) is 3.39. The summed E-state index contributed by atoms with van der Waals surface area (Å²) in [6, 6.07) is 11.0. The first-order chi connectivity index (χ1) is 7.81. The Morgan fingerprint density at radius 3 is 2.75 bits per heavy atom. The third kappa shape index (κ3) is 1.57. The van der Waals surface area contributed by atoms with E-state index in [9.17, 15) is 5.11 Å². The summed E-state index contributed by atoms with van der Waals surface area (Å²) in [5.74, 6) is 2.44.